The Morgan fingerprint density at radius 2 is 1.50 bits per heavy atom. The molecule has 0 heterocycles. The molecule has 2 rings (SSSR count). The largest absolute Gasteiger partial charge is 0.416 e. The monoisotopic (exact) mass is 522 g/mol. The van der Waals surface area contributed by atoms with Gasteiger partial charge >= 0.3 is 12.4 Å². The molecule has 36 heavy (non-hydrogen) atoms. The van der Waals surface area contributed by atoms with Crippen LogP contribution in [0.15, 0.2) is 42.5 Å². The second-order valence-electron chi connectivity index (χ2n) is 8.47. The molecule has 0 saturated heterocycles. The molecular formula is C25H29F7N2O2. The molecule has 0 aliphatic carbocycles. The quantitative estimate of drug-likeness (QED) is 0.183. The van der Waals surface area contributed by atoms with Crippen molar-refractivity contribution in [1.82, 2.24) is 10.6 Å². The number of amides is 1. The fraction of sp³-hybridized carbons (Fsp3) is 0.480. The number of ether oxygens (including phenoxy) is 1. The molecule has 2 N–H and O–H groups in total. The number of rotatable bonds is 13. The van der Waals surface area contributed by atoms with Gasteiger partial charge in [0.05, 0.1) is 29.4 Å². The van der Waals surface area contributed by atoms with Gasteiger partial charge in [-0.25, -0.2) is 4.39 Å². The third-order valence-electron chi connectivity index (χ3n) is 5.95. The van der Waals surface area contributed by atoms with Crippen molar-refractivity contribution in [3.63, 3.8) is 0 Å². The molecule has 0 bridgehead atoms. The van der Waals surface area contributed by atoms with Crippen molar-refractivity contribution in [2.75, 3.05) is 20.2 Å². The normalized spacial score (nSPS) is 14.8. The van der Waals surface area contributed by atoms with Crippen LogP contribution in [0.4, 0.5) is 30.7 Å². The number of unbranched alkanes of at least 4 members (excludes halogenated alkanes) is 2. The van der Waals surface area contributed by atoms with E-state index in [9.17, 15) is 35.5 Å². The maximum atomic E-state index is 13.5. The molecule has 0 saturated carbocycles. The number of hydrogen-bond acceptors (Lipinski definition) is 3. The average molecular weight is 523 g/mol. The van der Waals surface area contributed by atoms with E-state index in [4.69, 9.17) is 4.74 Å². The minimum absolute atomic E-state index is 0.0310. The van der Waals surface area contributed by atoms with Gasteiger partial charge in [0.2, 0.25) is 6.41 Å². The summed E-state index contributed by atoms with van der Waals surface area (Å²) in [6.07, 6.45) is -8.46. The van der Waals surface area contributed by atoms with Crippen molar-refractivity contribution in [3.05, 3.63) is 70.5 Å². The van der Waals surface area contributed by atoms with Gasteiger partial charge < -0.3 is 15.4 Å². The van der Waals surface area contributed by atoms with Crippen molar-refractivity contribution < 1.29 is 40.3 Å². The summed E-state index contributed by atoms with van der Waals surface area (Å²) in [5, 5.41) is 5.52. The van der Waals surface area contributed by atoms with Crippen LogP contribution in [-0.2, 0) is 27.4 Å². The molecule has 2 aromatic rings. The lowest BCUT2D eigenvalue weighted by Gasteiger charge is -2.35. The molecule has 200 valence electrons. The van der Waals surface area contributed by atoms with Crippen molar-refractivity contribution in [2.24, 2.45) is 0 Å². The Balaban J connectivity index is 2.50. The Labute approximate surface area is 205 Å². The van der Waals surface area contributed by atoms with E-state index in [0.717, 1.165) is 6.42 Å². The fourth-order valence-electron chi connectivity index (χ4n) is 3.86. The molecule has 2 aromatic carbocycles. The summed E-state index contributed by atoms with van der Waals surface area (Å²) in [5.41, 5.74) is -3.71. The average Bonchev–Trinajstić information content (AvgIpc) is 2.82. The van der Waals surface area contributed by atoms with Crippen LogP contribution in [0.2, 0.25) is 0 Å². The maximum absolute atomic E-state index is 13.5. The summed E-state index contributed by atoms with van der Waals surface area (Å²) in [6, 6.07) is 6.74. The molecule has 0 aromatic heterocycles. The Kier molecular flexibility index (Phi) is 10.3. The molecule has 11 heteroatoms. The van der Waals surface area contributed by atoms with Crippen LogP contribution in [-0.4, -0.2) is 26.6 Å². The molecule has 0 spiro atoms. The summed E-state index contributed by atoms with van der Waals surface area (Å²) < 4.78 is 100. The zero-order valence-corrected chi connectivity index (χ0v) is 19.9. The van der Waals surface area contributed by atoms with Gasteiger partial charge in [-0.15, -0.1) is 0 Å². The molecule has 2 atom stereocenters. The molecule has 4 nitrogen and oxygen atoms in total. The Morgan fingerprint density at radius 1 is 0.917 bits per heavy atom. The van der Waals surface area contributed by atoms with Crippen LogP contribution in [0.1, 0.15) is 61.0 Å². The lowest BCUT2D eigenvalue weighted by molar-refractivity contribution is -0.143. The Bertz CT molecular complexity index is 946. The summed E-state index contributed by atoms with van der Waals surface area (Å²) in [4.78, 5) is 11.0. The first-order valence-electron chi connectivity index (χ1n) is 11.4. The summed E-state index contributed by atoms with van der Waals surface area (Å²) in [6.45, 7) is 1.65. The van der Waals surface area contributed by atoms with Gasteiger partial charge in [0.1, 0.15) is 5.82 Å². The number of benzene rings is 2. The predicted octanol–water partition coefficient (Wildman–Crippen LogP) is 6.36. The smallest absolute Gasteiger partial charge is 0.371 e. The number of nitrogens with one attached hydrogen (secondary N) is 2. The molecule has 0 aliphatic rings. The minimum Gasteiger partial charge on any atom is -0.371 e. The highest BCUT2D eigenvalue weighted by molar-refractivity contribution is 5.46. The zero-order valence-electron chi connectivity index (χ0n) is 19.9. The Morgan fingerprint density at radius 3 is 1.97 bits per heavy atom. The molecule has 0 radical (unpaired) electrons. The SMILES string of the molecule is CCCCCC(OCC(CNC=O)(NC)c1ccc(F)cc1)c1cc(C(F)(F)F)cc(C(F)(F)F)c1. The van der Waals surface area contributed by atoms with E-state index in [1.165, 1.54) is 24.3 Å². The van der Waals surface area contributed by atoms with Crippen LogP contribution in [0.3, 0.4) is 0 Å². The number of halogens is 7. The lowest BCUT2D eigenvalue weighted by atomic mass is 9.90. The van der Waals surface area contributed by atoms with E-state index < -0.39 is 40.9 Å². The van der Waals surface area contributed by atoms with Crippen molar-refractivity contribution in [1.29, 1.82) is 0 Å². The number of hydrogen-bond donors (Lipinski definition) is 2. The Hall–Kier alpha value is -2.66. The number of likely N-dealkylation sites (N-methyl/N-ethyl adjacent to an activating group) is 1. The van der Waals surface area contributed by atoms with Crippen LogP contribution < -0.4 is 10.6 Å². The number of carbonyl (C=O) groups excluding carboxylic acids is 1. The molecule has 2 unspecified atom stereocenters. The van der Waals surface area contributed by atoms with E-state index in [-0.39, 0.29) is 31.2 Å². The van der Waals surface area contributed by atoms with Crippen molar-refractivity contribution >= 4 is 6.41 Å². The van der Waals surface area contributed by atoms with Crippen LogP contribution in [0, 0.1) is 5.82 Å². The highest BCUT2D eigenvalue weighted by Crippen LogP contribution is 2.39. The summed E-state index contributed by atoms with van der Waals surface area (Å²) in [5.74, 6) is -0.505. The van der Waals surface area contributed by atoms with E-state index in [2.05, 4.69) is 10.6 Å². The van der Waals surface area contributed by atoms with Crippen LogP contribution in [0.5, 0.6) is 0 Å². The van der Waals surface area contributed by atoms with Crippen molar-refractivity contribution in [2.45, 2.75) is 56.6 Å². The van der Waals surface area contributed by atoms with Gasteiger partial charge in [0, 0.05) is 6.54 Å². The second kappa shape index (κ2) is 12.5. The van der Waals surface area contributed by atoms with Crippen LogP contribution in [0.25, 0.3) is 0 Å². The van der Waals surface area contributed by atoms with Crippen molar-refractivity contribution in [3.8, 4) is 0 Å². The van der Waals surface area contributed by atoms with Gasteiger partial charge in [-0.05, 0) is 54.9 Å². The number of carbonyl (C=O) groups is 1. The van der Waals surface area contributed by atoms with Gasteiger partial charge in [0.15, 0.2) is 0 Å². The minimum atomic E-state index is -4.99. The van der Waals surface area contributed by atoms with E-state index >= 15 is 0 Å². The summed E-state index contributed by atoms with van der Waals surface area (Å²) >= 11 is 0. The van der Waals surface area contributed by atoms with E-state index in [1.54, 1.807) is 7.05 Å². The highest BCUT2D eigenvalue weighted by atomic mass is 19.4. The molecular weight excluding hydrogens is 493 g/mol. The topological polar surface area (TPSA) is 50.4 Å². The summed E-state index contributed by atoms with van der Waals surface area (Å²) in [7, 11) is 1.55. The van der Waals surface area contributed by atoms with Gasteiger partial charge in [-0.1, -0.05) is 38.3 Å². The third-order valence-corrected chi connectivity index (χ3v) is 5.95. The predicted molar refractivity (Wildman–Crippen MR) is 120 cm³/mol. The highest BCUT2D eigenvalue weighted by Gasteiger charge is 2.38. The van der Waals surface area contributed by atoms with Crippen LogP contribution >= 0.6 is 0 Å². The zero-order chi connectivity index (χ0) is 27.0. The number of alkyl halides is 6. The first-order valence-corrected chi connectivity index (χ1v) is 11.4. The molecule has 0 fully saturated rings. The molecule has 0 aliphatic heterocycles. The third kappa shape index (κ3) is 7.92. The standard InChI is InChI=1S/C25H29F7N2O2/c1-3-4-5-6-22(17-11-19(24(27,28)29)13-20(12-17)25(30,31)32)36-15-23(33-2,14-34-16-35)18-7-9-21(26)10-8-18/h7-13,16,22,33H,3-6,14-15H2,1-2H3,(H,34,35). The maximum Gasteiger partial charge on any atom is 0.416 e. The van der Waals surface area contributed by atoms with Gasteiger partial charge in [-0.3, -0.25) is 4.79 Å². The first-order chi connectivity index (χ1) is 16.9. The molecule has 1 amide bonds. The lowest BCUT2D eigenvalue weighted by Crippen LogP contribution is -2.51. The van der Waals surface area contributed by atoms with E-state index in [1.807, 2.05) is 6.92 Å². The second-order valence-corrected chi connectivity index (χ2v) is 8.47. The van der Waals surface area contributed by atoms with E-state index in [0.29, 0.717) is 36.9 Å². The van der Waals surface area contributed by atoms with Gasteiger partial charge in [-0.2, -0.15) is 26.3 Å². The first kappa shape index (κ1) is 29.6. The fourth-order valence-corrected chi connectivity index (χ4v) is 3.86. The van der Waals surface area contributed by atoms with Gasteiger partial charge in [0.25, 0.3) is 0 Å².